The van der Waals surface area contributed by atoms with Crippen LogP contribution in [-0.4, -0.2) is 8.42 Å². The number of sulfone groups is 1. The van der Waals surface area contributed by atoms with Crippen LogP contribution in [0, 0.1) is 0 Å². The number of hydrogen-bond donors (Lipinski definition) is 1. The average Bonchev–Trinajstić information content (AvgIpc) is 2.31. The fraction of sp³-hybridized carbons (Fsp3) is 0.0769. The highest BCUT2D eigenvalue weighted by Crippen LogP contribution is 2.27. The van der Waals surface area contributed by atoms with Crippen LogP contribution in [0.15, 0.2) is 51.8 Å². The smallest absolute Gasteiger partial charge is 0.183 e. The summed E-state index contributed by atoms with van der Waals surface area (Å²) in [6.07, 6.45) is 0. The monoisotopic (exact) mass is 359 g/mol. The number of halogens is 2. The Hall–Kier alpha value is -1.04. The molecule has 0 bridgehead atoms. The maximum absolute atomic E-state index is 12.3. The topological polar surface area (TPSA) is 60.2 Å². The second-order valence-corrected chi connectivity index (χ2v) is 7.32. The van der Waals surface area contributed by atoms with Crippen LogP contribution in [-0.2, 0) is 15.6 Å². The molecule has 0 heterocycles. The van der Waals surface area contributed by atoms with E-state index in [1.54, 1.807) is 36.4 Å². The van der Waals surface area contributed by atoms with Crippen molar-refractivity contribution in [3.63, 3.8) is 0 Å². The first kappa shape index (κ1) is 14.4. The zero-order valence-electron chi connectivity index (χ0n) is 9.81. The summed E-state index contributed by atoms with van der Waals surface area (Å²) in [6.45, 7) is 0. The Morgan fingerprint density at radius 2 is 1.74 bits per heavy atom. The third-order valence-electron chi connectivity index (χ3n) is 2.56. The summed E-state index contributed by atoms with van der Waals surface area (Å²) in [5, 5.41) is 0.579. The van der Waals surface area contributed by atoms with E-state index in [1.165, 1.54) is 6.07 Å². The SMILES string of the molecule is Nc1ccc(S(=O)(=O)Cc2ccc(Cl)cc2)c(Br)c1. The predicted octanol–water partition coefficient (Wildman–Crippen LogP) is 3.66. The molecule has 2 aromatic rings. The minimum atomic E-state index is -3.42. The van der Waals surface area contributed by atoms with Crippen LogP contribution in [0.4, 0.5) is 5.69 Å². The van der Waals surface area contributed by atoms with Crippen molar-refractivity contribution >= 4 is 43.1 Å². The Kier molecular flexibility index (Phi) is 4.18. The second-order valence-electron chi connectivity index (χ2n) is 4.08. The molecule has 0 fully saturated rings. The van der Waals surface area contributed by atoms with Crippen LogP contribution in [0.5, 0.6) is 0 Å². The zero-order valence-corrected chi connectivity index (χ0v) is 13.0. The molecular weight excluding hydrogens is 350 g/mol. The van der Waals surface area contributed by atoms with Gasteiger partial charge in [-0.15, -0.1) is 0 Å². The minimum Gasteiger partial charge on any atom is -0.399 e. The molecule has 0 atom stereocenters. The largest absolute Gasteiger partial charge is 0.399 e. The number of nitrogen functional groups attached to an aromatic ring is 1. The molecule has 0 aliphatic rings. The Morgan fingerprint density at radius 1 is 1.11 bits per heavy atom. The van der Waals surface area contributed by atoms with Gasteiger partial charge in [0.1, 0.15) is 0 Å². The first-order valence-corrected chi connectivity index (χ1v) is 8.23. The molecule has 0 aromatic heterocycles. The van der Waals surface area contributed by atoms with Crippen molar-refractivity contribution in [3.8, 4) is 0 Å². The van der Waals surface area contributed by atoms with Gasteiger partial charge in [0.25, 0.3) is 0 Å². The molecule has 6 heteroatoms. The lowest BCUT2D eigenvalue weighted by molar-refractivity contribution is 0.595. The Morgan fingerprint density at radius 3 is 2.32 bits per heavy atom. The summed E-state index contributed by atoms with van der Waals surface area (Å²) in [7, 11) is -3.42. The van der Waals surface area contributed by atoms with Gasteiger partial charge in [-0.25, -0.2) is 8.42 Å². The van der Waals surface area contributed by atoms with Crippen LogP contribution >= 0.6 is 27.5 Å². The summed E-state index contributed by atoms with van der Waals surface area (Å²) in [5.74, 6) is -0.0767. The molecule has 0 amide bonds. The molecule has 0 spiro atoms. The molecule has 2 aromatic carbocycles. The molecular formula is C13H11BrClNO2S. The number of benzene rings is 2. The van der Waals surface area contributed by atoms with Gasteiger partial charge < -0.3 is 5.73 Å². The van der Waals surface area contributed by atoms with Crippen molar-refractivity contribution in [2.45, 2.75) is 10.6 Å². The van der Waals surface area contributed by atoms with E-state index in [-0.39, 0.29) is 10.6 Å². The third-order valence-corrected chi connectivity index (χ3v) is 5.47. The summed E-state index contributed by atoms with van der Waals surface area (Å²) in [5.41, 5.74) is 6.80. The molecule has 0 saturated carbocycles. The Labute approximate surface area is 125 Å². The van der Waals surface area contributed by atoms with Crippen molar-refractivity contribution in [2.24, 2.45) is 0 Å². The van der Waals surface area contributed by atoms with E-state index in [2.05, 4.69) is 15.9 Å². The lowest BCUT2D eigenvalue weighted by Gasteiger charge is -2.07. The normalized spacial score (nSPS) is 11.5. The van der Waals surface area contributed by atoms with Gasteiger partial charge in [-0.05, 0) is 51.8 Å². The minimum absolute atomic E-state index is 0.0767. The van der Waals surface area contributed by atoms with Crippen LogP contribution in [0.2, 0.25) is 5.02 Å². The van der Waals surface area contributed by atoms with E-state index in [4.69, 9.17) is 17.3 Å². The van der Waals surface area contributed by atoms with E-state index < -0.39 is 9.84 Å². The zero-order chi connectivity index (χ0) is 14.0. The Bertz CT molecular complexity index is 699. The second kappa shape index (κ2) is 5.53. The van der Waals surface area contributed by atoms with Gasteiger partial charge in [0.15, 0.2) is 9.84 Å². The molecule has 100 valence electrons. The van der Waals surface area contributed by atoms with Gasteiger partial charge in [0.05, 0.1) is 10.6 Å². The number of rotatable bonds is 3. The fourth-order valence-electron chi connectivity index (χ4n) is 1.65. The third kappa shape index (κ3) is 3.49. The quantitative estimate of drug-likeness (QED) is 0.850. The molecule has 3 nitrogen and oxygen atoms in total. The summed E-state index contributed by atoms with van der Waals surface area (Å²) >= 11 is 9.00. The van der Waals surface area contributed by atoms with Crippen molar-refractivity contribution in [3.05, 3.63) is 57.5 Å². The highest BCUT2D eigenvalue weighted by atomic mass is 79.9. The van der Waals surface area contributed by atoms with E-state index in [1.807, 2.05) is 0 Å². The van der Waals surface area contributed by atoms with Gasteiger partial charge in [0.2, 0.25) is 0 Å². The maximum Gasteiger partial charge on any atom is 0.183 e. The average molecular weight is 361 g/mol. The summed E-state index contributed by atoms with van der Waals surface area (Å²) < 4.78 is 25.1. The molecule has 0 unspecified atom stereocenters. The molecule has 0 aliphatic heterocycles. The van der Waals surface area contributed by atoms with Gasteiger partial charge in [0, 0.05) is 15.2 Å². The predicted molar refractivity (Wildman–Crippen MR) is 80.9 cm³/mol. The van der Waals surface area contributed by atoms with Crippen molar-refractivity contribution < 1.29 is 8.42 Å². The highest BCUT2D eigenvalue weighted by Gasteiger charge is 2.18. The van der Waals surface area contributed by atoms with Crippen molar-refractivity contribution in [1.29, 1.82) is 0 Å². The highest BCUT2D eigenvalue weighted by molar-refractivity contribution is 9.10. The first-order chi connectivity index (χ1) is 8.88. The molecule has 0 aliphatic carbocycles. The molecule has 2 rings (SSSR count). The van der Waals surface area contributed by atoms with E-state index in [0.29, 0.717) is 20.7 Å². The lowest BCUT2D eigenvalue weighted by Crippen LogP contribution is -2.06. The van der Waals surface area contributed by atoms with Crippen LogP contribution in [0.1, 0.15) is 5.56 Å². The maximum atomic E-state index is 12.3. The van der Waals surface area contributed by atoms with Crippen molar-refractivity contribution in [2.75, 3.05) is 5.73 Å². The van der Waals surface area contributed by atoms with Crippen LogP contribution < -0.4 is 5.73 Å². The van der Waals surface area contributed by atoms with Gasteiger partial charge in [-0.3, -0.25) is 0 Å². The fourth-order valence-corrected chi connectivity index (χ4v) is 4.33. The lowest BCUT2D eigenvalue weighted by atomic mass is 10.2. The molecule has 0 saturated heterocycles. The van der Waals surface area contributed by atoms with Gasteiger partial charge in [-0.1, -0.05) is 23.7 Å². The number of nitrogens with two attached hydrogens (primary N) is 1. The molecule has 2 N–H and O–H groups in total. The number of hydrogen-bond acceptors (Lipinski definition) is 3. The van der Waals surface area contributed by atoms with Crippen molar-refractivity contribution in [1.82, 2.24) is 0 Å². The standard InChI is InChI=1S/C13H11BrClNO2S/c14-12-7-11(16)5-6-13(12)19(17,18)8-9-1-3-10(15)4-2-9/h1-7H,8,16H2. The van der Waals surface area contributed by atoms with Crippen LogP contribution in [0.25, 0.3) is 0 Å². The summed E-state index contributed by atoms with van der Waals surface area (Å²) in [4.78, 5) is 0.233. The van der Waals surface area contributed by atoms with Gasteiger partial charge in [-0.2, -0.15) is 0 Å². The summed E-state index contributed by atoms with van der Waals surface area (Å²) in [6, 6.07) is 11.4. The van der Waals surface area contributed by atoms with Crippen LogP contribution in [0.3, 0.4) is 0 Å². The van der Waals surface area contributed by atoms with E-state index in [9.17, 15) is 8.42 Å². The van der Waals surface area contributed by atoms with E-state index in [0.717, 1.165) is 0 Å². The first-order valence-electron chi connectivity index (χ1n) is 5.41. The number of anilines is 1. The van der Waals surface area contributed by atoms with E-state index >= 15 is 0 Å². The Balaban J connectivity index is 2.35. The molecule has 19 heavy (non-hydrogen) atoms. The van der Waals surface area contributed by atoms with Gasteiger partial charge >= 0.3 is 0 Å². The molecule has 0 radical (unpaired) electrons.